The van der Waals surface area contributed by atoms with Crippen molar-refractivity contribution < 1.29 is 18.7 Å². The molecule has 0 spiro atoms. The first-order valence-electron chi connectivity index (χ1n) is 8.65. The van der Waals surface area contributed by atoms with Crippen LogP contribution in [0.4, 0.5) is 10.1 Å². The van der Waals surface area contributed by atoms with Gasteiger partial charge in [0.15, 0.2) is 11.5 Å². The fourth-order valence-electron chi connectivity index (χ4n) is 3.48. The lowest BCUT2D eigenvalue weighted by molar-refractivity contribution is 0.0983. The third kappa shape index (κ3) is 3.65. The Labute approximate surface area is 163 Å². The molecule has 0 atom stereocenters. The quantitative estimate of drug-likeness (QED) is 0.688. The van der Waals surface area contributed by atoms with Gasteiger partial charge in [-0.15, -0.1) is 6.58 Å². The number of ether oxygens (including phenoxy) is 2. The molecule has 2 aromatic carbocycles. The summed E-state index contributed by atoms with van der Waals surface area (Å²) in [5.74, 6) is 0.237. The van der Waals surface area contributed by atoms with Gasteiger partial charge in [0.25, 0.3) is 5.91 Å². The molecule has 0 N–H and O–H groups in total. The van der Waals surface area contributed by atoms with Crippen LogP contribution in [-0.2, 0) is 12.8 Å². The molecule has 1 heterocycles. The lowest BCUT2D eigenvalue weighted by atomic mass is 9.99. The summed E-state index contributed by atoms with van der Waals surface area (Å²) in [6, 6.07) is 6.32. The molecule has 0 radical (unpaired) electrons. The van der Waals surface area contributed by atoms with Gasteiger partial charge in [0.05, 0.1) is 19.9 Å². The second-order valence-corrected chi connectivity index (χ2v) is 6.76. The van der Waals surface area contributed by atoms with E-state index in [1.165, 1.54) is 18.1 Å². The number of amides is 1. The highest BCUT2D eigenvalue weighted by Gasteiger charge is 2.28. The van der Waals surface area contributed by atoms with Crippen LogP contribution in [0.1, 0.15) is 27.9 Å². The van der Waals surface area contributed by atoms with Crippen molar-refractivity contribution in [3.8, 4) is 11.5 Å². The van der Waals surface area contributed by atoms with E-state index in [1.807, 2.05) is 0 Å². The largest absolute Gasteiger partial charge is 0.493 e. The third-order valence-corrected chi connectivity index (χ3v) is 4.84. The number of aryl methyl sites for hydroxylation is 1. The van der Waals surface area contributed by atoms with Gasteiger partial charge < -0.3 is 14.4 Å². The molecular weight excluding hydrogens is 369 g/mol. The van der Waals surface area contributed by atoms with Crippen LogP contribution < -0.4 is 14.4 Å². The van der Waals surface area contributed by atoms with Crippen LogP contribution in [0.3, 0.4) is 0 Å². The number of hydrogen-bond donors (Lipinski definition) is 0. The smallest absolute Gasteiger partial charge is 0.258 e. The summed E-state index contributed by atoms with van der Waals surface area (Å²) in [7, 11) is 3.06. The Morgan fingerprint density at radius 2 is 2.07 bits per heavy atom. The fourth-order valence-corrected chi connectivity index (χ4v) is 3.71. The Hall–Kier alpha value is -2.53. The maximum atomic E-state index is 14.6. The van der Waals surface area contributed by atoms with Gasteiger partial charge in [-0.05, 0) is 49.1 Å². The van der Waals surface area contributed by atoms with Crippen molar-refractivity contribution in [2.24, 2.45) is 0 Å². The van der Waals surface area contributed by atoms with Gasteiger partial charge in [0.2, 0.25) is 0 Å². The van der Waals surface area contributed by atoms with E-state index in [4.69, 9.17) is 21.1 Å². The first-order chi connectivity index (χ1) is 13.0. The van der Waals surface area contributed by atoms with Crippen molar-refractivity contribution in [1.82, 2.24) is 0 Å². The monoisotopic (exact) mass is 389 g/mol. The van der Waals surface area contributed by atoms with Crippen LogP contribution in [0.15, 0.2) is 36.9 Å². The van der Waals surface area contributed by atoms with Gasteiger partial charge in [0, 0.05) is 22.7 Å². The van der Waals surface area contributed by atoms with Crippen LogP contribution in [0.2, 0.25) is 5.02 Å². The number of nitrogens with zero attached hydrogens (tertiary/aromatic N) is 1. The number of fused-ring (bicyclic) bond motifs is 1. The molecule has 4 nitrogen and oxygen atoms in total. The van der Waals surface area contributed by atoms with Crippen molar-refractivity contribution in [1.29, 1.82) is 0 Å². The van der Waals surface area contributed by atoms with Crippen molar-refractivity contribution in [3.63, 3.8) is 0 Å². The molecule has 0 saturated heterocycles. The lowest BCUT2D eigenvalue weighted by Crippen LogP contribution is -2.36. The second kappa shape index (κ2) is 8.01. The predicted octanol–water partition coefficient (Wildman–Crippen LogP) is 4.82. The molecule has 0 aromatic heterocycles. The maximum Gasteiger partial charge on any atom is 0.258 e. The second-order valence-electron chi connectivity index (χ2n) is 6.32. The number of benzene rings is 2. The number of rotatable bonds is 5. The van der Waals surface area contributed by atoms with E-state index >= 15 is 0 Å². The summed E-state index contributed by atoms with van der Waals surface area (Å²) in [5, 5.41) is 0.333. The van der Waals surface area contributed by atoms with Crippen LogP contribution in [-0.4, -0.2) is 26.7 Å². The number of methoxy groups -OCH3 is 2. The minimum absolute atomic E-state index is 0.288. The zero-order valence-electron chi connectivity index (χ0n) is 15.4. The zero-order valence-corrected chi connectivity index (χ0v) is 16.1. The molecule has 2 aromatic rings. The lowest BCUT2D eigenvalue weighted by Gasteiger charge is -2.30. The molecule has 1 aliphatic heterocycles. The standard InChI is InChI=1S/C21H21ClFNO3/c1-4-6-14-9-15(11-18(26-2)20(14)27-3)21(25)24-8-5-7-13-10-16(22)12-17(23)19(13)24/h4,9-12H,1,5-8H2,2-3H3. The van der Waals surface area contributed by atoms with E-state index in [1.54, 1.807) is 31.4 Å². The van der Waals surface area contributed by atoms with E-state index in [-0.39, 0.29) is 5.91 Å². The average molecular weight is 390 g/mol. The van der Waals surface area contributed by atoms with Gasteiger partial charge in [-0.3, -0.25) is 4.79 Å². The molecule has 1 amide bonds. The van der Waals surface area contributed by atoms with Crippen LogP contribution in [0, 0.1) is 5.82 Å². The number of carbonyl (C=O) groups is 1. The van der Waals surface area contributed by atoms with Gasteiger partial charge in [-0.1, -0.05) is 17.7 Å². The molecule has 0 saturated carbocycles. The number of carbonyl (C=O) groups excluding carboxylic acids is 1. The van der Waals surface area contributed by atoms with E-state index in [9.17, 15) is 9.18 Å². The molecule has 142 valence electrons. The fraction of sp³-hybridized carbons (Fsp3) is 0.286. The molecular formula is C21H21ClFNO3. The Morgan fingerprint density at radius 1 is 1.30 bits per heavy atom. The SMILES string of the molecule is C=CCc1cc(C(=O)N2CCCc3cc(Cl)cc(F)c32)cc(OC)c1OC. The van der Waals surface area contributed by atoms with E-state index in [0.29, 0.717) is 47.2 Å². The Bertz CT molecular complexity index is 897. The van der Waals surface area contributed by atoms with Gasteiger partial charge in [-0.25, -0.2) is 4.39 Å². The zero-order chi connectivity index (χ0) is 19.6. The molecule has 1 aliphatic rings. The summed E-state index contributed by atoms with van der Waals surface area (Å²) in [6.07, 6.45) is 3.67. The van der Waals surface area contributed by atoms with Crippen LogP contribution >= 0.6 is 11.6 Å². The first-order valence-corrected chi connectivity index (χ1v) is 9.03. The van der Waals surface area contributed by atoms with Crippen molar-refractivity contribution in [3.05, 3.63) is 64.5 Å². The topological polar surface area (TPSA) is 38.8 Å². The molecule has 0 unspecified atom stereocenters. The Kier molecular flexibility index (Phi) is 5.71. The highest BCUT2D eigenvalue weighted by Crippen LogP contribution is 2.37. The maximum absolute atomic E-state index is 14.6. The van der Waals surface area contributed by atoms with Crippen molar-refractivity contribution in [2.75, 3.05) is 25.7 Å². The highest BCUT2D eigenvalue weighted by atomic mass is 35.5. The predicted molar refractivity (Wildman–Crippen MR) is 105 cm³/mol. The minimum atomic E-state index is -0.489. The van der Waals surface area contributed by atoms with Gasteiger partial charge in [0.1, 0.15) is 5.82 Å². The number of halogens is 2. The van der Waals surface area contributed by atoms with Crippen molar-refractivity contribution >= 4 is 23.2 Å². The number of anilines is 1. The first kappa shape index (κ1) is 19.2. The number of allylic oxidation sites excluding steroid dienone is 1. The Morgan fingerprint density at radius 3 is 2.74 bits per heavy atom. The van der Waals surface area contributed by atoms with E-state index in [2.05, 4.69) is 6.58 Å². The molecule has 6 heteroatoms. The summed E-state index contributed by atoms with van der Waals surface area (Å²) < 4.78 is 25.4. The molecule has 0 bridgehead atoms. The summed E-state index contributed by atoms with van der Waals surface area (Å²) >= 11 is 5.97. The van der Waals surface area contributed by atoms with Gasteiger partial charge >= 0.3 is 0 Å². The van der Waals surface area contributed by atoms with E-state index < -0.39 is 5.82 Å². The third-order valence-electron chi connectivity index (χ3n) is 4.62. The summed E-state index contributed by atoms with van der Waals surface area (Å²) in [4.78, 5) is 14.7. The van der Waals surface area contributed by atoms with Crippen LogP contribution in [0.25, 0.3) is 0 Å². The van der Waals surface area contributed by atoms with Crippen LogP contribution in [0.5, 0.6) is 11.5 Å². The summed E-state index contributed by atoms with van der Waals surface area (Å²) in [5.41, 5.74) is 2.23. The summed E-state index contributed by atoms with van der Waals surface area (Å²) in [6.45, 7) is 4.19. The average Bonchev–Trinajstić information content (AvgIpc) is 2.66. The molecule has 0 aliphatic carbocycles. The van der Waals surface area contributed by atoms with Gasteiger partial charge in [-0.2, -0.15) is 0 Å². The molecule has 3 rings (SSSR count). The van der Waals surface area contributed by atoms with Crippen molar-refractivity contribution in [2.45, 2.75) is 19.3 Å². The normalized spacial score (nSPS) is 13.1. The van der Waals surface area contributed by atoms with E-state index in [0.717, 1.165) is 17.5 Å². The molecule has 0 fully saturated rings. The molecule has 27 heavy (non-hydrogen) atoms. The highest BCUT2D eigenvalue weighted by molar-refractivity contribution is 6.30. The number of hydrogen-bond acceptors (Lipinski definition) is 3. The Balaban J connectivity index is 2.07. The minimum Gasteiger partial charge on any atom is -0.493 e.